The minimum absolute atomic E-state index is 0.108. The van der Waals surface area contributed by atoms with E-state index in [0.29, 0.717) is 5.70 Å². The first-order valence-electron chi connectivity index (χ1n) is 6.16. The van der Waals surface area contributed by atoms with Crippen LogP contribution in [0.5, 0.6) is 0 Å². The SMILES string of the molecule is C=C(N)/C1=C(\C=C/C)OC(C)CC(Cl)CCC1. The molecule has 1 heterocycles. The first kappa shape index (κ1) is 14.2. The van der Waals surface area contributed by atoms with Gasteiger partial charge in [-0.3, -0.25) is 0 Å². The summed E-state index contributed by atoms with van der Waals surface area (Å²) in [6.45, 7) is 7.84. The molecule has 1 aliphatic rings. The van der Waals surface area contributed by atoms with E-state index in [4.69, 9.17) is 22.1 Å². The van der Waals surface area contributed by atoms with Crippen LogP contribution in [0.1, 0.15) is 39.5 Å². The van der Waals surface area contributed by atoms with Crippen LogP contribution in [-0.4, -0.2) is 11.5 Å². The maximum atomic E-state index is 6.24. The van der Waals surface area contributed by atoms with Gasteiger partial charge in [-0.2, -0.15) is 0 Å². The van der Waals surface area contributed by atoms with Gasteiger partial charge in [-0.15, -0.1) is 11.6 Å². The molecule has 0 fully saturated rings. The molecule has 1 rings (SSSR count). The Labute approximate surface area is 109 Å². The molecular formula is C14H22ClNO. The largest absolute Gasteiger partial charge is 0.490 e. The standard InChI is InChI=1S/C14H22ClNO/c1-4-6-14-13(11(3)16)8-5-7-12(15)9-10(2)17-14/h4,6,10,12H,3,5,7-9,16H2,1-2H3/b6-4-,14-13+. The predicted molar refractivity (Wildman–Crippen MR) is 73.8 cm³/mol. The smallest absolute Gasteiger partial charge is 0.124 e. The van der Waals surface area contributed by atoms with Gasteiger partial charge in [0.2, 0.25) is 0 Å². The summed E-state index contributed by atoms with van der Waals surface area (Å²) >= 11 is 6.24. The van der Waals surface area contributed by atoms with Gasteiger partial charge in [0.25, 0.3) is 0 Å². The van der Waals surface area contributed by atoms with Crippen LogP contribution < -0.4 is 5.73 Å². The number of halogens is 1. The van der Waals surface area contributed by atoms with Crippen LogP contribution in [0.3, 0.4) is 0 Å². The Bertz CT molecular complexity index is 333. The summed E-state index contributed by atoms with van der Waals surface area (Å²) in [5.74, 6) is 0.846. The maximum Gasteiger partial charge on any atom is 0.124 e. The van der Waals surface area contributed by atoms with Gasteiger partial charge < -0.3 is 10.5 Å². The highest BCUT2D eigenvalue weighted by Gasteiger charge is 2.18. The quantitative estimate of drug-likeness (QED) is 0.760. The highest BCUT2D eigenvalue weighted by molar-refractivity contribution is 6.20. The maximum absolute atomic E-state index is 6.24. The number of hydrogen-bond acceptors (Lipinski definition) is 2. The molecule has 0 aromatic heterocycles. The molecule has 0 radical (unpaired) electrons. The molecule has 17 heavy (non-hydrogen) atoms. The zero-order chi connectivity index (χ0) is 12.8. The summed E-state index contributed by atoms with van der Waals surface area (Å²) in [4.78, 5) is 0. The first-order chi connectivity index (χ1) is 8.04. The van der Waals surface area contributed by atoms with Gasteiger partial charge >= 0.3 is 0 Å². The molecule has 0 saturated carbocycles. The van der Waals surface area contributed by atoms with Crippen molar-refractivity contribution in [3.05, 3.63) is 35.8 Å². The Kier molecular flexibility index (Phi) is 5.63. The third-order valence-electron chi connectivity index (χ3n) is 2.86. The number of ether oxygens (including phenoxy) is 1. The van der Waals surface area contributed by atoms with E-state index in [1.54, 1.807) is 0 Å². The molecule has 0 aliphatic carbocycles. The molecule has 3 heteroatoms. The highest BCUT2D eigenvalue weighted by Crippen LogP contribution is 2.27. The Morgan fingerprint density at radius 1 is 1.59 bits per heavy atom. The Balaban J connectivity index is 2.99. The van der Waals surface area contributed by atoms with Crippen molar-refractivity contribution < 1.29 is 4.74 Å². The van der Waals surface area contributed by atoms with Crippen molar-refractivity contribution in [3.8, 4) is 0 Å². The van der Waals surface area contributed by atoms with Crippen molar-refractivity contribution in [2.45, 2.75) is 51.0 Å². The number of allylic oxidation sites excluding steroid dienone is 3. The molecule has 0 bridgehead atoms. The van der Waals surface area contributed by atoms with Gasteiger partial charge in [-0.05, 0) is 39.2 Å². The number of hydrogen-bond donors (Lipinski definition) is 1. The van der Waals surface area contributed by atoms with Gasteiger partial charge in [-0.25, -0.2) is 0 Å². The second-order valence-corrected chi connectivity index (χ2v) is 5.14. The molecule has 2 atom stereocenters. The van der Waals surface area contributed by atoms with Crippen LogP contribution in [0.25, 0.3) is 0 Å². The summed E-state index contributed by atoms with van der Waals surface area (Å²) in [7, 11) is 0. The molecule has 96 valence electrons. The average Bonchev–Trinajstić information content (AvgIpc) is 2.28. The topological polar surface area (TPSA) is 35.2 Å². The van der Waals surface area contributed by atoms with Gasteiger partial charge in [0.15, 0.2) is 0 Å². The fourth-order valence-electron chi connectivity index (χ4n) is 2.05. The number of alkyl halides is 1. The lowest BCUT2D eigenvalue weighted by Crippen LogP contribution is -2.14. The summed E-state index contributed by atoms with van der Waals surface area (Å²) in [5.41, 5.74) is 7.45. The first-order valence-corrected chi connectivity index (χ1v) is 6.59. The zero-order valence-corrected chi connectivity index (χ0v) is 11.5. The summed E-state index contributed by atoms with van der Waals surface area (Å²) in [6, 6.07) is 0. The lowest BCUT2D eigenvalue weighted by atomic mass is 10.0. The van der Waals surface area contributed by atoms with E-state index < -0.39 is 0 Å². The molecule has 2 N–H and O–H groups in total. The monoisotopic (exact) mass is 255 g/mol. The van der Waals surface area contributed by atoms with Crippen molar-refractivity contribution in [1.82, 2.24) is 0 Å². The van der Waals surface area contributed by atoms with Crippen LogP contribution in [0.15, 0.2) is 35.8 Å². The lowest BCUT2D eigenvalue weighted by Gasteiger charge is -2.18. The molecule has 0 amide bonds. The molecule has 0 saturated heterocycles. The average molecular weight is 256 g/mol. The lowest BCUT2D eigenvalue weighted by molar-refractivity contribution is 0.131. The van der Waals surface area contributed by atoms with Crippen LogP contribution in [-0.2, 0) is 4.74 Å². The Hall–Kier alpha value is -0.890. The van der Waals surface area contributed by atoms with E-state index in [9.17, 15) is 0 Å². The second-order valence-electron chi connectivity index (χ2n) is 4.52. The van der Waals surface area contributed by atoms with E-state index in [-0.39, 0.29) is 11.5 Å². The zero-order valence-electron chi connectivity index (χ0n) is 10.7. The minimum atomic E-state index is 0.108. The highest BCUT2D eigenvalue weighted by atomic mass is 35.5. The van der Waals surface area contributed by atoms with Crippen molar-refractivity contribution in [3.63, 3.8) is 0 Å². The van der Waals surface area contributed by atoms with Crippen molar-refractivity contribution in [2.75, 3.05) is 0 Å². The van der Waals surface area contributed by atoms with Gasteiger partial charge in [-0.1, -0.05) is 12.7 Å². The Morgan fingerprint density at radius 2 is 2.29 bits per heavy atom. The molecule has 0 aromatic rings. The van der Waals surface area contributed by atoms with Gasteiger partial charge in [0, 0.05) is 23.1 Å². The van der Waals surface area contributed by atoms with Crippen molar-refractivity contribution >= 4 is 11.6 Å². The minimum Gasteiger partial charge on any atom is -0.490 e. The molecule has 0 aromatic carbocycles. The van der Waals surface area contributed by atoms with Gasteiger partial charge in [0.1, 0.15) is 5.76 Å². The molecule has 1 aliphatic heterocycles. The van der Waals surface area contributed by atoms with Crippen LogP contribution >= 0.6 is 11.6 Å². The molecule has 2 nitrogen and oxygen atoms in total. The van der Waals surface area contributed by atoms with Crippen LogP contribution in [0, 0.1) is 0 Å². The molecule has 2 unspecified atom stereocenters. The van der Waals surface area contributed by atoms with E-state index in [1.165, 1.54) is 0 Å². The van der Waals surface area contributed by atoms with E-state index in [1.807, 2.05) is 26.0 Å². The fourth-order valence-corrected chi connectivity index (χ4v) is 2.45. The number of nitrogens with two attached hydrogens (primary N) is 1. The van der Waals surface area contributed by atoms with E-state index in [0.717, 1.165) is 37.0 Å². The van der Waals surface area contributed by atoms with E-state index >= 15 is 0 Å². The van der Waals surface area contributed by atoms with E-state index in [2.05, 4.69) is 6.58 Å². The number of rotatable bonds is 2. The summed E-state index contributed by atoms with van der Waals surface area (Å²) in [5, 5.41) is 0.183. The predicted octanol–water partition coefficient (Wildman–Crippen LogP) is 3.88. The Morgan fingerprint density at radius 3 is 2.88 bits per heavy atom. The molecule has 0 spiro atoms. The van der Waals surface area contributed by atoms with Gasteiger partial charge in [0.05, 0.1) is 6.10 Å². The van der Waals surface area contributed by atoms with Crippen molar-refractivity contribution in [1.29, 1.82) is 0 Å². The summed E-state index contributed by atoms with van der Waals surface area (Å²) in [6.07, 6.45) is 7.79. The molecular weight excluding hydrogens is 234 g/mol. The fraction of sp³-hybridized carbons (Fsp3) is 0.571. The van der Waals surface area contributed by atoms with Crippen molar-refractivity contribution in [2.24, 2.45) is 5.73 Å². The van der Waals surface area contributed by atoms with Crippen LogP contribution in [0.2, 0.25) is 0 Å². The summed E-state index contributed by atoms with van der Waals surface area (Å²) < 4.78 is 5.92. The third kappa shape index (κ3) is 4.47. The normalized spacial score (nSPS) is 31.5. The second kappa shape index (κ2) is 6.75. The van der Waals surface area contributed by atoms with Crippen LogP contribution in [0.4, 0.5) is 0 Å². The third-order valence-corrected chi connectivity index (χ3v) is 3.26.